The summed E-state index contributed by atoms with van der Waals surface area (Å²) < 4.78 is 36.4. The van der Waals surface area contributed by atoms with E-state index in [1.165, 1.54) is 0 Å². The van der Waals surface area contributed by atoms with Crippen LogP contribution < -0.4 is 18.9 Å². The third kappa shape index (κ3) is 2.17. The first kappa shape index (κ1) is 10.4. The molecule has 0 aliphatic heterocycles. The molecule has 1 nitrogen and oxygen atoms in total. The molecule has 0 aliphatic carbocycles. The van der Waals surface area contributed by atoms with Crippen LogP contribution in [-0.2, 0) is 0 Å². The van der Waals surface area contributed by atoms with Crippen molar-refractivity contribution in [2.24, 2.45) is 0 Å². The smallest absolute Gasteiger partial charge is 0.694 e. The summed E-state index contributed by atoms with van der Waals surface area (Å²) in [6, 6.07) is 0.927. The van der Waals surface area contributed by atoms with Crippen molar-refractivity contribution in [2.75, 3.05) is 0 Å². The molecule has 0 aliphatic rings. The first-order valence-corrected chi connectivity index (χ1v) is 2.47. The van der Waals surface area contributed by atoms with Gasteiger partial charge in [0.2, 0.25) is 0 Å². The van der Waals surface area contributed by atoms with Gasteiger partial charge < -0.3 is 5.73 Å². The third-order valence-corrected chi connectivity index (χ3v) is 1.01. The number of benzene rings is 1. The standard InChI is InChI=1S/C6H3F3N.Li/c7-3-1-4(8)6(10)5(9)2-3;/h1-2,10H;/q-1;+1. The fraction of sp³-hybridized carbons (Fsp3) is 0. The Kier molecular flexibility index (Phi) is 3.50. The minimum atomic E-state index is -1.18. The third-order valence-electron chi connectivity index (χ3n) is 1.01. The van der Waals surface area contributed by atoms with Crippen LogP contribution in [0.15, 0.2) is 12.1 Å². The van der Waals surface area contributed by atoms with E-state index in [-0.39, 0.29) is 18.9 Å². The maximum absolute atomic E-state index is 12.2. The number of hydrogen-bond donors (Lipinski definition) is 0. The van der Waals surface area contributed by atoms with Gasteiger partial charge >= 0.3 is 18.9 Å². The summed E-state index contributed by atoms with van der Waals surface area (Å²) in [5.41, 5.74) is 5.72. The molecule has 0 atom stereocenters. The van der Waals surface area contributed by atoms with Gasteiger partial charge in [-0.1, -0.05) is 5.69 Å². The van der Waals surface area contributed by atoms with E-state index in [1.54, 1.807) is 0 Å². The van der Waals surface area contributed by atoms with Crippen LogP contribution in [0.2, 0.25) is 0 Å². The van der Waals surface area contributed by atoms with E-state index in [1.807, 2.05) is 0 Å². The van der Waals surface area contributed by atoms with Crippen LogP contribution in [0.3, 0.4) is 0 Å². The molecule has 0 aromatic heterocycles. The molecule has 0 bridgehead atoms. The maximum Gasteiger partial charge on any atom is 1.00 e. The molecule has 0 unspecified atom stereocenters. The van der Waals surface area contributed by atoms with E-state index < -0.39 is 23.1 Å². The number of halogens is 3. The van der Waals surface area contributed by atoms with Crippen molar-refractivity contribution >= 4 is 5.69 Å². The van der Waals surface area contributed by atoms with Crippen LogP contribution >= 0.6 is 0 Å². The molecule has 1 aromatic rings. The Bertz CT molecular complexity index is 241. The van der Waals surface area contributed by atoms with Gasteiger partial charge in [-0.25, -0.2) is 13.2 Å². The van der Waals surface area contributed by atoms with Crippen LogP contribution in [-0.4, -0.2) is 0 Å². The predicted octanol–water partition coefficient (Wildman–Crippen LogP) is -0.208. The van der Waals surface area contributed by atoms with E-state index in [2.05, 4.69) is 0 Å². The fourth-order valence-electron chi connectivity index (χ4n) is 0.542. The Labute approximate surface area is 73.6 Å². The Morgan fingerprint density at radius 2 is 1.36 bits per heavy atom. The average Bonchev–Trinajstić information content (AvgIpc) is 1.82. The molecule has 54 valence electrons. The monoisotopic (exact) mass is 153 g/mol. The second-order valence-corrected chi connectivity index (χ2v) is 1.74. The van der Waals surface area contributed by atoms with Crippen molar-refractivity contribution in [2.45, 2.75) is 0 Å². The minimum Gasteiger partial charge on any atom is -0.694 e. The largest absolute Gasteiger partial charge is 1.00 e. The quantitative estimate of drug-likeness (QED) is 0.460. The van der Waals surface area contributed by atoms with Crippen molar-refractivity contribution in [1.29, 1.82) is 0 Å². The van der Waals surface area contributed by atoms with Gasteiger partial charge in [-0.15, -0.1) is 0 Å². The van der Waals surface area contributed by atoms with Crippen LogP contribution in [0, 0.1) is 17.5 Å². The van der Waals surface area contributed by atoms with E-state index in [9.17, 15) is 13.2 Å². The van der Waals surface area contributed by atoms with E-state index in [0.29, 0.717) is 12.1 Å². The molecule has 11 heavy (non-hydrogen) atoms. The Hall–Kier alpha value is -0.593. The zero-order chi connectivity index (χ0) is 7.72. The summed E-state index contributed by atoms with van der Waals surface area (Å²) >= 11 is 0. The second kappa shape index (κ2) is 3.70. The number of rotatable bonds is 0. The summed E-state index contributed by atoms with van der Waals surface area (Å²) in [4.78, 5) is 0. The molecule has 5 heteroatoms. The summed E-state index contributed by atoms with van der Waals surface area (Å²) in [7, 11) is 0. The van der Waals surface area contributed by atoms with Gasteiger partial charge in [0, 0.05) is 12.1 Å². The zero-order valence-electron chi connectivity index (χ0n) is 5.79. The van der Waals surface area contributed by atoms with Crippen LogP contribution in [0.5, 0.6) is 0 Å². The van der Waals surface area contributed by atoms with Crippen molar-refractivity contribution in [1.82, 2.24) is 0 Å². The Balaban J connectivity index is 0.000001000. The minimum absolute atomic E-state index is 0. The Morgan fingerprint density at radius 3 is 1.73 bits per heavy atom. The summed E-state index contributed by atoms with van der Waals surface area (Å²) in [6.07, 6.45) is 0. The van der Waals surface area contributed by atoms with Crippen LogP contribution in [0.4, 0.5) is 18.9 Å². The summed E-state index contributed by atoms with van der Waals surface area (Å²) in [5.74, 6) is -3.37. The molecule has 1 N–H and O–H groups in total. The summed E-state index contributed by atoms with van der Waals surface area (Å²) in [6.45, 7) is 0. The van der Waals surface area contributed by atoms with Gasteiger partial charge in [-0.2, -0.15) is 0 Å². The molecule has 0 saturated heterocycles. The van der Waals surface area contributed by atoms with Gasteiger partial charge in [-0.3, -0.25) is 0 Å². The molecule has 0 amide bonds. The van der Waals surface area contributed by atoms with Gasteiger partial charge in [0.05, 0.1) is 0 Å². The van der Waals surface area contributed by atoms with Crippen LogP contribution in [0.25, 0.3) is 5.73 Å². The topological polar surface area (TPSA) is 23.8 Å². The van der Waals surface area contributed by atoms with Crippen molar-refractivity contribution < 1.29 is 32.0 Å². The van der Waals surface area contributed by atoms with Gasteiger partial charge in [0.25, 0.3) is 0 Å². The molecule has 0 saturated carbocycles. The first-order valence-electron chi connectivity index (χ1n) is 2.47. The average molecular weight is 153 g/mol. The maximum atomic E-state index is 12.2. The second-order valence-electron chi connectivity index (χ2n) is 1.74. The SMILES string of the molecule is [Li+].[NH-]c1c(F)cc(F)cc1F. The van der Waals surface area contributed by atoms with Crippen molar-refractivity contribution in [3.05, 3.63) is 35.3 Å². The van der Waals surface area contributed by atoms with Crippen LogP contribution in [0.1, 0.15) is 0 Å². The van der Waals surface area contributed by atoms with Gasteiger partial charge in [0.15, 0.2) is 0 Å². The molecule has 1 aromatic carbocycles. The molecule has 0 spiro atoms. The van der Waals surface area contributed by atoms with E-state index in [4.69, 9.17) is 5.73 Å². The van der Waals surface area contributed by atoms with Gasteiger partial charge in [0.1, 0.15) is 17.5 Å². The molecular weight excluding hydrogens is 150 g/mol. The van der Waals surface area contributed by atoms with Gasteiger partial charge in [-0.05, 0) is 0 Å². The number of nitrogens with one attached hydrogen (secondary N) is 1. The molecule has 0 fully saturated rings. The van der Waals surface area contributed by atoms with E-state index >= 15 is 0 Å². The summed E-state index contributed by atoms with van der Waals surface area (Å²) in [5, 5.41) is 0. The normalized spacial score (nSPS) is 9.00. The molecule has 0 radical (unpaired) electrons. The van der Waals surface area contributed by atoms with E-state index in [0.717, 1.165) is 0 Å². The zero-order valence-corrected chi connectivity index (χ0v) is 5.79. The Morgan fingerprint density at radius 1 is 1.00 bits per heavy atom. The fourth-order valence-corrected chi connectivity index (χ4v) is 0.542. The first-order chi connectivity index (χ1) is 4.61. The van der Waals surface area contributed by atoms with Crippen molar-refractivity contribution in [3.63, 3.8) is 0 Å². The molecule has 0 heterocycles. The van der Waals surface area contributed by atoms with Crippen molar-refractivity contribution in [3.8, 4) is 0 Å². The molecule has 1 rings (SSSR count). The predicted molar refractivity (Wildman–Crippen MR) is 30.3 cm³/mol. The molecular formula is C6H3F3LiN. The number of hydrogen-bond acceptors (Lipinski definition) is 0.